The minimum absolute atomic E-state index is 0.144. The molecule has 1 saturated carbocycles. The molecule has 5 nitrogen and oxygen atoms in total. The van der Waals surface area contributed by atoms with E-state index >= 15 is 0 Å². The van der Waals surface area contributed by atoms with Gasteiger partial charge in [-0.15, -0.1) is 0 Å². The molecule has 0 heterocycles. The third-order valence-corrected chi connectivity index (χ3v) is 2.76. The highest BCUT2D eigenvalue weighted by Crippen LogP contribution is 2.17. The van der Waals surface area contributed by atoms with Crippen molar-refractivity contribution in [1.82, 2.24) is 10.6 Å². The van der Waals surface area contributed by atoms with Crippen molar-refractivity contribution in [1.29, 1.82) is 0 Å². The summed E-state index contributed by atoms with van der Waals surface area (Å²) in [5, 5.41) is 5.67. The topological polar surface area (TPSA) is 84.2 Å². The van der Waals surface area contributed by atoms with Gasteiger partial charge in [-0.05, 0) is 26.7 Å². The number of nitrogens with two attached hydrogens (primary N) is 1. The van der Waals surface area contributed by atoms with Crippen molar-refractivity contribution in [3.05, 3.63) is 0 Å². The third kappa shape index (κ3) is 4.51. The molecule has 3 amide bonds. The van der Waals surface area contributed by atoms with Crippen LogP contribution in [-0.4, -0.2) is 23.5 Å². The van der Waals surface area contributed by atoms with Crippen LogP contribution in [0.25, 0.3) is 0 Å². The molecule has 92 valence electrons. The van der Waals surface area contributed by atoms with Gasteiger partial charge in [0.25, 0.3) is 0 Å². The van der Waals surface area contributed by atoms with Crippen LogP contribution in [0, 0.1) is 0 Å². The minimum atomic E-state index is -0.589. The molecule has 4 N–H and O–H groups in total. The van der Waals surface area contributed by atoms with Crippen LogP contribution < -0.4 is 16.4 Å². The highest BCUT2D eigenvalue weighted by Gasteiger charge is 2.24. The van der Waals surface area contributed by atoms with E-state index in [2.05, 4.69) is 10.6 Å². The maximum atomic E-state index is 11.6. The van der Waals surface area contributed by atoms with Crippen LogP contribution >= 0.6 is 0 Å². The SMILES string of the molecule is CC(C)(CC(N)=O)NC(=O)NC1CCCC1. The largest absolute Gasteiger partial charge is 0.370 e. The van der Waals surface area contributed by atoms with E-state index in [1.54, 1.807) is 13.8 Å². The molecule has 1 aliphatic carbocycles. The lowest BCUT2D eigenvalue weighted by Gasteiger charge is -2.26. The monoisotopic (exact) mass is 227 g/mol. The normalized spacial score (nSPS) is 17.1. The first-order valence-electron chi connectivity index (χ1n) is 5.76. The maximum Gasteiger partial charge on any atom is 0.315 e. The number of amides is 3. The second-order valence-electron chi connectivity index (χ2n) is 5.11. The molecule has 1 fully saturated rings. The lowest BCUT2D eigenvalue weighted by Crippen LogP contribution is -2.51. The van der Waals surface area contributed by atoms with Crippen LogP contribution in [0.1, 0.15) is 46.0 Å². The van der Waals surface area contributed by atoms with Crippen molar-refractivity contribution in [2.75, 3.05) is 0 Å². The van der Waals surface area contributed by atoms with Crippen LogP contribution in [-0.2, 0) is 4.79 Å². The first kappa shape index (κ1) is 12.8. The number of nitrogens with one attached hydrogen (secondary N) is 2. The number of urea groups is 1. The fourth-order valence-corrected chi connectivity index (χ4v) is 2.08. The van der Waals surface area contributed by atoms with Gasteiger partial charge in [0.2, 0.25) is 5.91 Å². The van der Waals surface area contributed by atoms with Crippen molar-refractivity contribution in [2.45, 2.75) is 57.5 Å². The lowest BCUT2D eigenvalue weighted by molar-refractivity contribution is -0.119. The Hall–Kier alpha value is -1.26. The van der Waals surface area contributed by atoms with E-state index in [-0.39, 0.29) is 18.5 Å². The van der Waals surface area contributed by atoms with Crippen molar-refractivity contribution in [2.24, 2.45) is 5.73 Å². The second-order valence-corrected chi connectivity index (χ2v) is 5.11. The number of carbonyl (C=O) groups is 2. The number of hydrogen-bond acceptors (Lipinski definition) is 2. The van der Waals surface area contributed by atoms with Gasteiger partial charge in [-0.3, -0.25) is 4.79 Å². The molecule has 0 aromatic heterocycles. The Morgan fingerprint density at radius 2 is 1.88 bits per heavy atom. The lowest BCUT2D eigenvalue weighted by atomic mass is 10.0. The number of primary amides is 1. The van der Waals surface area contributed by atoms with E-state index < -0.39 is 11.4 Å². The van der Waals surface area contributed by atoms with Crippen molar-refractivity contribution in [3.63, 3.8) is 0 Å². The molecule has 1 rings (SSSR count). The average molecular weight is 227 g/mol. The van der Waals surface area contributed by atoms with Gasteiger partial charge in [-0.1, -0.05) is 12.8 Å². The van der Waals surface area contributed by atoms with Crippen LogP contribution in [0.15, 0.2) is 0 Å². The van der Waals surface area contributed by atoms with Gasteiger partial charge in [0.15, 0.2) is 0 Å². The Bertz CT molecular complexity index is 270. The Morgan fingerprint density at radius 1 is 1.31 bits per heavy atom. The van der Waals surface area contributed by atoms with E-state index in [0.29, 0.717) is 0 Å². The molecular formula is C11H21N3O2. The molecule has 16 heavy (non-hydrogen) atoms. The quantitative estimate of drug-likeness (QED) is 0.666. The molecule has 0 aliphatic heterocycles. The molecule has 1 aliphatic rings. The van der Waals surface area contributed by atoms with E-state index in [1.807, 2.05) is 0 Å². The number of carbonyl (C=O) groups excluding carboxylic acids is 2. The molecule has 0 atom stereocenters. The summed E-state index contributed by atoms with van der Waals surface area (Å²) in [6.07, 6.45) is 4.59. The third-order valence-electron chi connectivity index (χ3n) is 2.76. The Labute approximate surface area is 96.1 Å². The van der Waals surface area contributed by atoms with Crippen LogP contribution in [0.2, 0.25) is 0 Å². The van der Waals surface area contributed by atoms with Gasteiger partial charge in [-0.2, -0.15) is 0 Å². The minimum Gasteiger partial charge on any atom is -0.370 e. The molecule has 0 radical (unpaired) electrons. The van der Waals surface area contributed by atoms with Crippen molar-refractivity contribution >= 4 is 11.9 Å². The van der Waals surface area contributed by atoms with E-state index in [0.717, 1.165) is 12.8 Å². The van der Waals surface area contributed by atoms with Gasteiger partial charge in [-0.25, -0.2) is 4.79 Å². The number of rotatable bonds is 4. The summed E-state index contributed by atoms with van der Waals surface area (Å²) in [7, 11) is 0. The summed E-state index contributed by atoms with van der Waals surface area (Å²) in [5.74, 6) is -0.411. The zero-order chi connectivity index (χ0) is 12.2. The summed E-state index contributed by atoms with van der Waals surface area (Å²) >= 11 is 0. The zero-order valence-electron chi connectivity index (χ0n) is 10.0. The van der Waals surface area contributed by atoms with E-state index in [4.69, 9.17) is 5.73 Å². The predicted octanol–water partition coefficient (Wildman–Crippen LogP) is 0.882. The molecular weight excluding hydrogens is 206 g/mol. The molecule has 0 unspecified atom stereocenters. The molecule has 0 aromatic carbocycles. The summed E-state index contributed by atoms with van der Waals surface area (Å²) < 4.78 is 0. The molecule has 0 aromatic rings. The average Bonchev–Trinajstić information content (AvgIpc) is 2.51. The van der Waals surface area contributed by atoms with Crippen LogP contribution in [0.3, 0.4) is 0 Å². The fraction of sp³-hybridized carbons (Fsp3) is 0.818. The van der Waals surface area contributed by atoms with Gasteiger partial charge in [0.1, 0.15) is 0 Å². The fourth-order valence-electron chi connectivity index (χ4n) is 2.08. The number of hydrogen-bond donors (Lipinski definition) is 3. The first-order valence-corrected chi connectivity index (χ1v) is 5.76. The molecule has 0 bridgehead atoms. The Kier molecular flexibility index (Phi) is 4.15. The van der Waals surface area contributed by atoms with Crippen LogP contribution in [0.4, 0.5) is 4.79 Å². The summed E-state index contributed by atoms with van der Waals surface area (Å²) in [6, 6.07) is 0.0718. The summed E-state index contributed by atoms with van der Waals surface area (Å²) in [6.45, 7) is 3.57. The standard InChI is InChI=1S/C11H21N3O2/c1-11(2,7-9(12)15)14-10(16)13-8-5-3-4-6-8/h8H,3-7H2,1-2H3,(H2,12,15)(H2,13,14,16). The molecule has 5 heteroatoms. The molecule has 0 spiro atoms. The van der Waals surface area contributed by atoms with E-state index in [1.165, 1.54) is 12.8 Å². The van der Waals surface area contributed by atoms with Gasteiger partial charge in [0, 0.05) is 18.0 Å². The van der Waals surface area contributed by atoms with Crippen LogP contribution in [0.5, 0.6) is 0 Å². The zero-order valence-corrected chi connectivity index (χ0v) is 10.0. The highest BCUT2D eigenvalue weighted by molar-refractivity contribution is 5.78. The van der Waals surface area contributed by atoms with E-state index in [9.17, 15) is 9.59 Å². The smallest absolute Gasteiger partial charge is 0.315 e. The van der Waals surface area contributed by atoms with Crippen molar-refractivity contribution < 1.29 is 9.59 Å². The predicted molar refractivity (Wildman–Crippen MR) is 61.8 cm³/mol. The van der Waals surface area contributed by atoms with Gasteiger partial charge in [0.05, 0.1) is 0 Å². The van der Waals surface area contributed by atoms with Gasteiger partial charge < -0.3 is 16.4 Å². The first-order chi connectivity index (χ1) is 7.39. The Balaban J connectivity index is 2.34. The van der Waals surface area contributed by atoms with Crippen molar-refractivity contribution in [3.8, 4) is 0 Å². The highest BCUT2D eigenvalue weighted by atomic mass is 16.2. The second kappa shape index (κ2) is 5.18. The Morgan fingerprint density at radius 3 is 2.38 bits per heavy atom. The maximum absolute atomic E-state index is 11.6. The molecule has 0 saturated heterocycles. The summed E-state index contributed by atoms with van der Waals surface area (Å²) in [4.78, 5) is 22.4. The van der Waals surface area contributed by atoms with Gasteiger partial charge >= 0.3 is 6.03 Å². The summed E-state index contributed by atoms with van der Waals surface area (Å²) in [5.41, 5.74) is 4.52.